The van der Waals surface area contributed by atoms with Crippen molar-refractivity contribution < 1.29 is 40.9 Å². The van der Waals surface area contributed by atoms with E-state index in [-0.39, 0.29) is 76.4 Å². The topological polar surface area (TPSA) is 162 Å². The molecule has 0 unspecified atom stereocenters. The summed E-state index contributed by atoms with van der Waals surface area (Å²) in [5.74, 6) is -1.42. The van der Waals surface area contributed by atoms with E-state index in [0.717, 1.165) is 12.1 Å². The van der Waals surface area contributed by atoms with E-state index in [1.165, 1.54) is 61.4 Å². The van der Waals surface area contributed by atoms with Crippen molar-refractivity contribution in [2.45, 2.75) is 59.8 Å². The maximum Gasteiger partial charge on any atom is 0.126 e. The largest absolute Gasteiger partial charge is 0.508 e. The smallest absolute Gasteiger partial charge is 0.126 e. The fourth-order valence-electron chi connectivity index (χ4n) is 3.97. The molecule has 220 valence electrons. The van der Waals surface area contributed by atoms with Crippen molar-refractivity contribution in [2.24, 2.45) is 0 Å². The first-order valence-electron chi connectivity index (χ1n) is 13.5. The van der Waals surface area contributed by atoms with E-state index in [2.05, 4.69) is 27.7 Å². The molecule has 0 atom stereocenters. The summed E-state index contributed by atoms with van der Waals surface area (Å²) in [6, 6.07) is 13.9. The van der Waals surface area contributed by atoms with E-state index in [0.29, 0.717) is 22.3 Å². The lowest BCUT2D eigenvalue weighted by Crippen LogP contribution is -1.98. The quantitative estimate of drug-likeness (QED) is 0.125. The predicted molar refractivity (Wildman–Crippen MR) is 159 cm³/mol. The molecule has 4 aromatic rings. The van der Waals surface area contributed by atoms with Crippen LogP contribution in [-0.2, 0) is 19.3 Å². The van der Waals surface area contributed by atoms with Gasteiger partial charge < -0.3 is 40.9 Å². The first-order valence-corrected chi connectivity index (χ1v) is 13.5. The molecule has 0 heterocycles. The summed E-state index contributed by atoms with van der Waals surface area (Å²) in [4.78, 5) is 0. The lowest BCUT2D eigenvalue weighted by molar-refractivity contribution is 0.430. The number of aromatic hydroxyl groups is 8. The molecule has 8 N–H and O–H groups in total. The van der Waals surface area contributed by atoms with Crippen LogP contribution in [0.25, 0.3) is 0 Å². The second kappa shape index (κ2) is 15.2. The van der Waals surface area contributed by atoms with Gasteiger partial charge in [0.1, 0.15) is 46.0 Å². The zero-order chi connectivity index (χ0) is 30.7. The molecular weight excluding hydrogens is 524 g/mol. The van der Waals surface area contributed by atoms with Gasteiger partial charge in [0, 0.05) is 42.5 Å². The third kappa shape index (κ3) is 8.63. The van der Waals surface area contributed by atoms with Gasteiger partial charge in [-0.05, 0) is 46.5 Å². The van der Waals surface area contributed by atoms with E-state index >= 15 is 0 Å². The summed E-state index contributed by atoms with van der Waals surface area (Å²) < 4.78 is 0. The van der Waals surface area contributed by atoms with Gasteiger partial charge in [0.05, 0.1) is 0 Å². The van der Waals surface area contributed by atoms with Crippen molar-refractivity contribution in [2.75, 3.05) is 0 Å². The van der Waals surface area contributed by atoms with Crippen LogP contribution in [0.1, 0.15) is 73.9 Å². The van der Waals surface area contributed by atoms with Crippen LogP contribution in [-0.4, -0.2) is 40.9 Å². The average molecular weight is 565 g/mol. The molecule has 0 spiro atoms. The second-order valence-electron chi connectivity index (χ2n) is 9.71. The molecule has 0 aromatic heterocycles. The molecule has 0 aliphatic heterocycles. The molecule has 41 heavy (non-hydrogen) atoms. The number of hydrogen-bond donors (Lipinski definition) is 8. The molecule has 0 amide bonds. The standard InChI is InChI=1S/C27H24O8.2C3H8/c28-18-5-1-14(24(32)12-18)10-20-22(30)7-3-16(26(20)34)9-17-4-8-23(31)21(27(17)35)11-15-2-6-19(29)13-25(15)33;2*1-3-2/h1-8,12-13,28-35H,9-11H2;2*3H2,1-2H3. The fourth-order valence-corrected chi connectivity index (χ4v) is 3.97. The highest BCUT2D eigenvalue weighted by atomic mass is 16.3. The van der Waals surface area contributed by atoms with Crippen LogP contribution in [0.15, 0.2) is 60.7 Å². The third-order valence-corrected chi connectivity index (χ3v) is 5.94. The molecule has 4 rings (SSSR count). The van der Waals surface area contributed by atoms with Gasteiger partial charge in [0.2, 0.25) is 0 Å². The maximum atomic E-state index is 10.9. The van der Waals surface area contributed by atoms with Crippen molar-refractivity contribution >= 4 is 0 Å². The van der Waals surface area contributed by atoms with Gasteiger partial charge in [-0.1, -0.05) is 64.8 Å². The molecule has 8 nitrogen and oxygen atoms in total. The SMILES string of the molecule is CCC.CCC.Oc1ccc(Cc2c(O)ccc(Cc3ccc(O)c(Cc4ccc(O)cc4O)c3O)c2O)c(O)c1. The van der Waals surface area contributed by atoms with Gasteiger partial charge in [-0.2, -0.15) is 0 Å². The molecule has 0 aliphatic rings. The average Bonchev–Trinajstić information content (AvgIpc) is 2.90. The van der Waals surface area contributed by atoms with Gasteiger partial charge in [-0.3, -0.25) is 0 Å². The van der Waals surface area contributed by atoms with Crippen LogP contribution >= 0.6 is 0 Å². The lowest BCUT2D eigenvalue weighted by Gasteiger charge is -2.16. The molecule has 0 radical (unpaired) electrons. The maximum absolute atomic E-state index is 10.9. The Bertz CT molecular complexity index is 1340. The summed E-state index contributed by atoms with van der Waals surface area (Å²) in [5.41, 5.74) is 1.86. The molecule has 0 saturated carbocycles. The highest BCUT2D eigenvalue weighted by Crippen LogP contribution is 2.39. The second-order valence-corrected chi connectivity index (χ2v) is 9.71. The molecule has 4 aromatic carbocycles. The van der Waals surface area contributed by atoms with Crippen LogP contribution in [0.4, 0.5) is 0 Å². The minimum Gasteiger partial charge on any atom is -0.508 e. The Balaban J connectivity index is 0.000000901. The van der Waals surface area contributed by atoms with Crippen LogP contribution in [0.5, 0.6) is 46.0 Å². The Hall–Kier alpha value is -4.72. The van der Waals surface area contributed by atoms with E-state index in [4.69, 9.17) is 0 Å². The molecule has 0 bridgehead atoms. The normalized spacial score (nSPS) is 10.2. The third-order valence-electron chi connectivity index (χ3n) is 5.94. The van der Waals surface area contributed by atoms with E-state index in [9.17, 15) is 40.9 Å². The van der Waals surface area contributed by atoms with Gasteiger partial charge in [0.25, 0.3) is 0 Å². The van der Waals surface area contributed by atoms with E-state index in [1.54, 1.807) is 0 Å². The van der Waals surface area contributed by atoms with Gasteiger partial charge >= 0.3 is 0 Å². The minimum absolute atomic E-state index is 0.00937. The number of phenolic OH excluding ortho intramolecular Hbond substituents is 8. The summed E-state index contributed by atoms with van der Waals surface area (Å²) in [6.07, 6.45) is 2.54. The Kier molecular flexibility index (Phi) is 12.0. The van der Waals surface area contributed by atoms with Crippen molar-refractivity contribution in [3.63, 3.8) is 0 Å². The summed E-state index contributed by atoms with van der Waals surface area (Å²) in [6.45, 7) is 8.50. The first-order chi connectivity index (χ1) is 19.5. The Morgan fingerprint density at radius 1 is 0.390 bits per heavy atom. The molecule has 8 heteroatoms. The summed E-state index contributed by atoms with van der Waals surface area (Å²) >= 11 is 0. The van der Waals surface area contributed by atoms with Crippen molar-refractivity contribution in [3.05, 3.63) is 94.0 Å². The van der Waals surface area contributed by atoms with Crippen molar-refractivity contribution in [3.8, 4) is 46.0 Å². The molecule has 0 fully saturated rings. The van der Waals surface area contributed by atoms with E-state index < -0.39 is 0 Å². The number of hydrogen-bond acceptors (Lipinski definition) is 8. The van der Waals surface area contributed by atoms with Crippen LogP contribution in [0.2, 0.25) is 0 Å². The van der Waals surface area contributed by atoms with E-state index in [1.807, 2.05) is 0 Å². The molecular formula is C33H40O8. The summed E-state index contributed by atoms with van der Waals surface area (Å²) in [5, 5.41) is 81.5. The number of rotatable bonds is 6. The number of benzene rings is 4. The van der Waals surface area contributed by atoms with Crippen LogP contribution in [0.3, 0.4) is 0 Å². The first kappa shape index (κ1) is 32.5. The van der Waals surface area contributed by atoms with Gasteiger partial charge in [0.15, 0.2) is 0 Å². The fraction of sp³-hybridized carbons (Fsp3) is 0.273. The molecule has 0 saturated heterocycles. The van der Waals surface area contributed by atoms with Crippen molar-refractivity contribution in [1.29, 1.82) is 0 Å². The summed E-state index contributed by atoms with van der Waals surface area (Å²) in [7, 11) is 0. The van der Waals surface area contributed by atoms with Gasteiger partial charge in [-0.25, -0.2) is 0 Å². The Labute approximate surface area is 240 Å². The zero-order valence-corrected chi connectivity index (χ0v) is 23.9. The van der Waals surface area contributed by atoms with Gasteiger partial charge in [-0.15, -0.1) is 0 Å². The highest BCUT2D eigenvalue weighted by Gasteiger charge is 2.19. The highest BCUT2D eigenvalue weighted by molar-refractivity contribution is 5.57. The minimum atomic E-state index is -0.220. The lowest BCUT2D eigenvalue weighted by atomic mass is 9.93. The van der Waals surface area contributed by atoms with Crippen LogP contribution < -0.4 is 0 Å². The Morgan fingerprint density at radius 3 is 1.02 bits per heavy atom. The zero-order valence-electron chi connectivity index (χ0n) is 23.9. The number of phenols is 8. The monoisotopic (exact) mass is 564 g/mol. The van der Waals surface area contributed by atoms with Crippen molar-refractivity contribution in [1.82, 2.24) is 0 Å². The molecule has 0 aliphatic carbocycles. The Morgan fingerprint density at radius 2 is 0.707 bits per heavy atom. The predicted octanol–water partition coefficient (Wildman–Crippen LogP) is 6.94. The van der Waals surface area contributed by atoms with Crippen LogP contribution in [0, 0.1) is 0 Å².